The van der Waals surface area contributed by atoms with Crippen molar-refractivity contribution in [3.63, 3.8) is 0 Å². The Balaban J connectivity index is 1.72. The number of pyridine rings is 1. The number of nitrogens with zero attached hydrogens (tertiary/aromatic N) is 5. The molecule has 37 heavy (non-hydrogen) atoms. The van der Waals surface area contributed by atoms with Gasteiger partial charge in [-0.1, -0.05) is 22.8 Å². The molecule has 12 heteroatoms. The SMILES string of the molecule is Cc1cc([C@@H](C)Nc2ccc(Cl)nc2/C(N)=N/O)c2oc(-c3cnn(C)c3)c(-c3cocn3)c(=O)c2c1. The van der Waals surface area contributed by atoms with Gasteiger partial charge in [0.25, 0.3) is 0 Å². The molecule has 0 bridgehead atoms. The van der Waals surface area contributed by atoms with E-state index in [4.69, 9.17) is 26.2 Å². The van der Waals surface area contributed by atoms with Crippen LogP contribution in [0.3, 0.4) is 0 Å². The van der Waals surface area contributed by atoms with Gasteiger partial charge in [0, 0.05) is 18.8 Å². The third-order valence-electron chi connectivity index (χ3n) is 5.87. The van der Waals surface area contributed by atoms with Crippen LogP contribution in [0.15, 0.2) is 68.1 Å². The summed E-state index contributed by atoms with van der Waals surface area (Å²) < 4.78 is 13.2. The molecular formula is C25H22ClN7O4. The van der Waals surface area contributed by atoms with E-state index in [9.17, 15) is 10.0 Å². The van der Waals surface area contributed by atoms with Crippen molar-refractivity contribution in [3.8, 4) is 22.6 Å². The van der Waals surface area contributed by atoms with Crippen LogP contribution in [0.1, 0.15) is 29.8 Å². The number of benzene rings is 1. The largest absolute Gasteiger partial charge is 0.455 e. The van der Waals surface area contributed by atoms with Crippen LogP contribution in [-0.4, -0.2) is 30.8 Å². The van der Waals surface area contributed by atoms with Gasteiger partial charge >= 0.3 is 0 Å². The summed E-state index contributed by atoms with van der Waals surface area (Å²) in [6, 6.07) is 6.58. The fourth-order valence-electron chi connectivity index (χ4n) is 4.21. The molecule has 4 heterocycles. The van der Waals surface area contributed by atoms with E-state index in [2.05, 4.69) is 25.5 Å². The van der Waals surface area contributed by atoms with Crippen molar-refractivity contribution >= 4 is 34.1 Å². The van der Waals surface area contributed by atoms with Crippen molar-refractivity contribution in [3.05, 3.63) is 81.5 Å². The highest BCUT2D eigenvalue weighted by molar-refractivity contribution is 6.29. The molecular weight excluding hydrogens is 498 g/mol. The fourth-order valence-corrected chi connectivity index (χ4v) is 4.36. The lowest BCUT2D eigenvalue weighted by molar-refractivity contribution is 0.318. The molecule has 0 spiro atoms. The van der Waals surface area contributed by atoms with Gasteiger partial charge in [0.05, 0.1) is 34.4 Å². The molecule has 1 aromatic carbocycles. The molecule has 188 valence electrons. The van der Waals surface area contributed by atoms with Gasteiger partial charge in [-0.2, -0.15) is 5.10 Å². The Bertz CT molecular complexity index is 1710. The van der Waals surface area contributed by atoms with Gasteiger partial charge in [-0.05, 0) is 37.6 Å². The van der Waals surface area contributed by atoms with E-state index in [0.717, 1.165) is 5.56 Å². The van der Waals surface area contributed by atoms with E-state index < -0.39 is 6.04 Å². The number of fused-ring (bicyclic) bond motifs is 1. The monoisotopic (exact) mass is 519 g/mol. The first kappa shape index (κ1) is 24.1. The lowest BCUT2D eigenvalue weighted by Crippen LogP contribution is -2.19. The number of nitrogens with two attached hydrogens (primary N) is 1. The highest BCUT2D eigenvalue weighted by Gasteiger charge is 2.24. The van der Waals surface area contributed by atoms with Crippen molar-refractivity contribution in [1.82, 2.24) is 19.7 Å². The van der Waals surface area contributed by atoms with Crippen LogP contribution in [-0.2, 0) is 7.05 Å². The summed E-state index contributed by atoms with van der Waals surface area (Å²) in [6.07, 6.45) is 6.04. The first-order chi connectivity index (χ1) is 17.8. The predicted molar refractivity (Wildman–Crippen MR) is 139 cm³/mol. The Morgan fingerprint density at radius 1 is 1.32 bits per heavy atom. The summed E-state index contributed by atoms with van der Waals surface area (Å²) in [5, 5.41) is 20.4. The third kappa shape index (κ3) is 4.40. The van der Waals surface area contributed by atoms with Crippen molar-refractivity contribution < 1.29 is 14.0 Å². The number of anilines is 1. The maximum atomic E-state index is 13.9. The molecule has 5 aromatic rings. The topological polar surface area (TPSA) is 158 Å². The van der Waals surface area contributed by atoms with Crippen LogP contribution >= 0.6 is 11.6 Å². The standard InChI is InChI=1S/C25H22ClN7O4/c1-12-6-15(13(2)30-17-4-5-19(26)31-21(17)25(27)32-35)24-16(7-12)22(34)20(18-10-36-11-28-18)23(37-24)14-8-29-33(3)9-14/h4-11,13,30,35H,1-3H3,(H2,27,32)/t13-/m1/s1. The molecule has 0 aliphatic carbocycles. The number of aryl methyl sites for hydroxylation is 2. The number of oxime groups is 1. The van der Waals surface area contributed by atoms with E-state index in [0.29, 0.717) is 39.2 Å². The van der Waals surface area contributed by atoms with E-state index in [1.165, 1.54) is 12.7 Å². The zero-order valence-corrected chi connectivity index (χ0v) is 20.8. The van der Waals surface area contributed by atoms with E-state index in [1.54, 1.807) is 42.3 Å². The zero-order chi connectivity index (χ0) is 26.3. The van der Waals surface area contributed by atoms with Gasteiger partial charge in [-0.3, -0.25) is 9.48 Å². The number of aromatic nitrogens is 4. The Labute approximate surface area is 215 Å². The second-order valence-electron chi connectivity index (χ2n) is 8.52. The molecule has 11 nitrogen and oxygen atoms in total. The Morgan fingerprint density at radius 3 is 2.81 bits per heavy atom. The number of hydrogen-bond acceptors (Lipinski definition) is 9. The Morgan fingerprint density at radius 2 is 2.14 bits per heavy atom. The van der Waals surface area contributed by atoms with Crippen LogP contribution < -0.4 is 16.5 Å². The zero-order valence-electron chi connectivity index (χ0n) is 20.1. The van der Waals surface area contributed by atoms with Gasteiger partial charge in [-0.25, -0.2) is 9.97 Å². The van der Waals surface area contributed by atoms with E-state index in [-0.39, 0.29) is 27.7 Å². The summed E-state index contributed by atoms with van der Waals surface area (Å²) in [5.41, 5.74) is 9.45. The lowest BCUT2D eigenvalue weighted by Gasteiger charge is -2.20. The molecule has 0 fully saturated rings. The number of hydrogen-bond donors (Lipinski definition) is 3. The van der Waals surface area contributed by atoms with Gasteiger partial charge in [0.1, 0.15) is 28.4 Å². The molecule has 0 aliphatic heterocycles. The first-order valence-electron chi connectivity index (χ1n) is 11.2. The smallest absolute Gasteiger partial charge is 0.202 e. The van der Waals surface area contributed by atoms with Crippen molar-refractivity contribution in [1.29, 1.82) is 0 Å². The highest BCUT2D eigenvalue weighted by Crippen LogP contribution is 2.35. The van der Waals surface area contributed by atoms with Crippen molar-refractivity contribution in [2.45, 2.75) is 19.9 Å². The molecule has 0 aliphatic rings. The molecule has 5 rings (SSSR count). The molecule has 4 N–H and O–H groups in total. The number of rotatable bonds is 6. The second kappa shape index (κ2) is 9.43. The second-order valence-corrected chi connectivity index (χ2v) is 8.91. The summed E-state index contributed by atoms with van der Waals surface area (Å²) in [7, 11) is 1.78. The molecule has 0 saturated carbocycles. The first-order valence-corrected chi connectivity index (χ1v) is 11.5. The quantitative estimate of drug-likeness (QED) is 0.0966. The predicted octanol–water partition coefficient (Wildman–Crippen LogP) is 4.47. The minimum atomic E-state index is -0.390. The highest BCUT2D eigenvalue weighted by atomic mass is 35.5. The van der Waals surface area contributed by atoms with Crippen molar-refractivity contribution in [2.24, 2.45) is 17.9 Å². The van der Waals surface area contributed by atoms with Crippen LogP contribution in [0.2, 0.25) is 5.15 Å². The van der Waals surface area contributed by atoms with E-state index in [1.807, 2.05) is 19.9 Å². The Kier molecular flexibility index (Phi) is 6.14. The van der Waals surface area contributed by atoms with Gasteiger partial charge < -0.3 is 25.1 Å². The van der Waals surface area contributed by atoms with Crippen LogP contribution in [0.4, 0.5) is 5.69 Å². The molecule has 0 radical (unpaired) electrons. The Hall–Kier alpha value is -4.64. The number of oxazole rings is 1. The van der Waals surface area contributed by atoms with Gasteiger partial charge in [0.2, 0.25) is 5.43 Å². The average Bonchev–Trinajstić information content (AvgIpc) is 3.56. The van der Waals surface area contributed by atoms with Crippen molar-refractivity contribution in [2.75, 3.05) is 5.32 Å². The van der Waals surface area contributed by atoms with Crippen LogP contribution in [0.5, 0.6) is 0 Å². The third-order valence-corrected chi connectivity index (χ3v) is 6.08. The molecule has 4 aromatic heterocycles. The number of nitrogens with one attached hydrogen (secondary N) is 1. The number of halogens is 1. The summed E-state index contributed by atoms with van der Waals surface area (Å²) in [4.78, 5) is 22.2. The normalized spacial score (nSPS) is 12.7. The van der Waals surface area contributed by atoms with E-state index >= 15 is 0 Å². The summed E-state index contributed by atoms with van der Waals surface area (Å²) in [6.45, 7) is 3.79. The van der Waals surface area contributed by atoms with Gasteiger partial charge in [0.15, 0.2) is 18.0 Å². The fraction of sp³-hybridized carbons (Fsp3) is 0.160. The molecule has 0 unspecified atom stereocenters. The molecule has 0 saturated heterocycles. The summed E-state index contributed by atoms with van der Waals surface area (Å²) in [5.74, 6) is 0.122. The molecule has 0 amide bonds. The minimum Gasteiger partial charge on any atom is -0.455 e. The lowest BCUT2D eigenvalue weighted by atomic mass is 9.98. The van der Waals surface area contributed by atoms with Crippen LogP contribution in [0.25, 0.3) is 33.6 Å². The maximum absolute atomic E-state index is 13.9. The number of amidine groups is 1. The molecule has 1 atom stereocenters. The minimum absolute atomic E-state index is 0.185. The van der Waals surface area contributed by atoms with Crippen LogP contribution in [0, 0.1) is 6.92 Å². The average molecular weight is 520 g/mol. The summed E-state index contributed by atoms with van der Waals surface area (Å²) >= 11 is 6.02. The van der Waals surface area contributed by atoms with Gasteiger partial charge in [-0.15, -0.1) is 0 Å². The maximum Gasteiger partial charge on any atom is 0.202 e.